The molecule has 0 aromatic rings. The van der Waals surface area contributed by atoms with Crippen molar-refractivity contribution in [3.05, 3.63) is 0 Å². The zero-order valence-electron chi connectivity index (χ0n) is 9.54. The molecule has 1 fully saturated rings. The first kappa shape index (κ1) is 12.0. The summed E-state index contributed by atoms with van der Waals surface area (Å²) in [5, 5.41) is 0. The van der Waals surface area contributed by atoms with Crippen molar-refractivity contribution >= 4 is 0 Å². The van der Waals surface area contributed by atoms with Gasteiger partial charge >= 0.3 is 0 Å². The van der Waals surface area contributed by atoms with Crippen LogP contribution in [0.1, 0.15) is 26.2 Å². The number of rotatable bonds is 4. The minimum absolute atomic E-state index is 0.211. The molecule has 1 rings (SSSR count). The minimum Gasteiger partial charge on any atom is -0.379 e. The molecule has 0 saturated carbocycles. The summed E-state index contributed by atoms with van der Waals surface area (Å²) in [6.07, 6.45) is 4.23. The van der Waals surface area contributed by atoms with Gasteiger partial charge in [0.2, 0.25) is 0 Å². The Hall–Kier alpha value is -0.120. The van der Waals surface area contributed by atoms with Crippen LogP contribution in [0, 0.1) is 5.92 Å². The van der Waals surface area contributed by atoms with Crippen molar-refractivity contribution in [2.45, 2.75) is 32.3 Å². The van der Waals surface area contributed by atoms with E-state index in [-0.39, 0.29) is 6.10 Å². The Morgan fingerprint density at radius 3 is 2.86 bits per heavy atom. The molecule has 84 valence electrons. The third-order valence-electron chi connectivity index (χ3n) is 3.17. The quantitative estimate of drug-likeness (QED) is 0.738. The number of likely N-dealkylation sites (tertiary alicyclic amines) is 1. The van der Waals surface area contributed by atoms with Crippen LogP contribution in [0.4, 0.5) is 0 Å². The van der Waals surface area contributed by atoms with Crippen LogP contribution in [0.5, 0.6) is 0 Å². The summed E-state index contributed by atoms with van der Waals surface area (Å²) >= 11 is 0. The normalized spacial score (nSPS) is 27.2. The molecule has 3 nitrogen and oxygen atoms in total. The number of nitrogens with two attached hydrogens (primary N) is 1. The Morgan fingerprint density at radius 2 is 2.21 bits per heavy atom. The van der Waals surface area contributed by atoms with Crippen LogP contribution >= 0.6 is 0 Å². The second-order valence-electron chi connectivity index (χ2n) is 4.43. The highest BCUT2D eigenvalue weighted by molar-refractivity contribution is 4.71. The predicted octanol–water partition coefficient (Wildman–Crippen LogP) is 1.08. The summed E-state index contributed by atoms with van der Waals surface area (Å²) in [4.78, 5) is 2.49. The van der Waals surface area contributed by atoms with E-state index in [1.54, 1.807) is 7.11 Å². The maximum atomic E-state index is 5.62. The maximum Gasteiger partial charge on any atom is 0.0820 e. The van der Waals surface area contributed by atoms with E-state index in [1.165, 1.54) is 32.4 Å². The molecule has 0 aliphatic carbocycles. The summed E-state index contributed by atoms with van der Waals surface area (Å²) in [6, 6.07) is 0. The van der Waals surface area contributed by atoms with Gasteiger partial charge in [0.1, 0.15) is 0 Å². The van der Waals surface area contributed by atoms with Gasteiger partial charge in [0.25, 0.3) is 0 Å². The zero-order valence-corrected chi connectivity index (χ0v) is 9.54. The molecular weight excluding hydrogens is 176 g/mol. The van der Waals surface area contributed by atoms with Crippen LogP contribution in [-0.2, 0) is 4.74 Å². The van der Waals surface area contributed by atoms with E-state index in [0.717, 1.165) is 12.5 Å². The molecule has 0 spiro atoms. The number of nitrogens with zero attached hydrogens (tertiary/aromatic N) is 1. The molecule has 0 aromatic carbocycles. The fourth-order valence-electron chi connectivity index (χ4n) is 2.04. The molecule has 0 aromatic heterocycles. The van der Waals surface area contributed by atoms with Crippen molar-refractivity contribution in [2.24, 2.45) is 11.7 Å². The zero-order chi connectivity index (χ0) is 10.4. The van der Waals surface area contributed by atoms with E-state index >= 15 is 0 Å². The first-order chi connectivity index (χ1) is 6.76. The van der Waals surface area contributed by atoms with Crippen LogP contribution in [0.25, 0.3) is 0 Å². The Morgan fingerprint density at radius 1 is 1.43 bits per heavy atom. The lowest BCUT2D eigenvalue weighted by Gasteiger charge is -2.24. The highest BCUT2D eigenvalue weighted by atomic mass is 16.5. The average molecular weight is 200 g/mol. The van der Waals surface area contributed by atoms with Gasteiger partial charge in [-0.15, -0.1) is 0 Å². The third-order valence-corrected chi connectivity index (χ3v) is 3.17. The third kappa shape index (κ3) is 3.95. The van der Waals surface area contributed by atoms with E-state index in [0.29, 0.717) is 6.54 Å². The topological polar surface area (TPSA) is 38.5 Å². The van der Waals surface area contributed by atoms with Crippen LogP contribution < -0.4 is 5.73 Å². The summed E-state index contributed by atoms with van der Waals surface area (Å²) in [7, 11) is 1.75. The Labute approximate surface area is 87.6 Å². The molecule has 1 saturated heterocycles. The van der Waals surface area contributed by atoms with E-state index in [4.69, 9.17) is 10.5 Å². The summed E-state index contributed by atoms with van der Waals surface area (Å²) < 4.78 is 5.30. The van der Waals surface area contributed by atoms with E-state index in [1.807, 2.05) is 0 Å². The number of ether oxygens (including phenoxy) is 1. The van der Waals surface area contributed by atoms with Crippen LogP contribution in [0.3, 0.4) is 0 Å². The van der Waals surface area contributed by atoms with Gasteiger partial charge in [-0.1, -0.05) is 6.92 Å². The van der Waals surface area contributed by atoms with Gasteiger partial charge in [-0.3, -0.25) is 0 Å². The van der Waals surface area contributed by atoms with Crippen molar-refractivity contribution < 1.29 is 4.74 Å². The fourth-order valence-corrected chi connectivity index (χ4v) is 2.04. The first-order valence-corrected chi connectivity index (χ1v) is 5.71. The van der Waals surface area contributed by atoms with Gasteiger partial charge in [-0.25, -0.2) is 0 Å². The van der Waals surface area contributed by atoms with Crippen molar-refractivity contribution in [2.75, 3.05) is 33.3 Å². The summed E-state index contributed by atoms with van der Waals surface area (Å²) in [5.74, 6) is 0.888. The lowest BCUT2D eigenvalue weighted by Crippen LogP contribution is -2.38. The SMILES string of the molecule is COC(CN)CN1CCCC(C)CC1. The predicted molar refractivity (Wildman–Crippen MR) is 59.3 cm³/mol. The number of hydrogen-bond acceptors (Lipinski definition) is 3. The first-order valence-electron chi connectivity index (χ1n) is 5.71. The Balaban J connectivity index is 2.29. The van der Waals surface area contributed by atoms with Gasteiger partial charge in [-0.2, -0.15) is 0 Å². The Bertz CT molecular complexity index is 148. The summed E-state index contributed by atoms with van der Waals surface area (Å²) in [5.41, 5.74) is 5.62. The summed E-state index contributed by atoms with van der Waals surface area (Å²) in [6.45, 7) is 6.40. The lowest BCUT2D eigenvalue weighted by atomic mass is 10.0. The molecule has 1 heterocycles. The van der Waals surface area contributed by atoms with Crippen LogP contribution in [0.2, 0.25) is 0 Å². The molecule has 1 aliphatic heterocycles. The van der Waals surface area contributed by atoms with Gasteiger partial charge in [0.05, 0.1) is 6.10 Å². The second kappa shape index (κ2) is 6.38. The van der Waals surface area contributed by atoms with E-state index < -0.39 is 0 Å². The molecule has 0 bridgehead atoms. The number of methoxy groups -OCH3 is 1. The molecule has 0 radical (unpaired) electrons. The smallest absolute Gasteiger partial charge is 0.0820 e. The van der Waals surface area contributed by atoms with E-state index in [2.05, 4.69) is 11.8 Å². The molecule has 0 amide bonds. The van der Waals surface area contributed by atoms with Crippen molar-refractivity contribution in [3.8, 4) is 0 Å². The fraction of sp³-hybridized carbons (Fsp3) is 1.00. The molecule has 1 aliphatic rings. The van der Waals surface area contributed by atoms with Crippen molar-refractivity contribution in [1.82, 2.24) is 4.90 Å². The van der Waals surface area contributed by atoms with Crippen LogP contribution in [0.15, 0.2) is 0 Å². The van der Waals surface area contributed by atoms with Gasteiger partial charge in [0.15, 0.2) is 0 Å². The van der Waals surface area contributed by atoms with Crippen molar-refractivity contribution in [1.29, 1.82) is 0 Å². The Kier molecular flexibility index (Phi) is 5.45. The van der Waals surface area contributed by atoms with Crippen LogP contribution in [-0.4, -0.2) is 44.3 Å². The van der Waals surface area contributed by atoms with Gasteiger partial charge in [0, 0.05) is 20.2 Å². The maximum absolute atomic E-state index is 5.62. The molecular formula is C11H24N2O. The standard InChI is InChI=1S/C11H24N2O/c1-10-4-3-6-13(7-5-10)9-11(8-12)14-2/h10-11H,3-9,12H2,1-2H3. The molecule has 2 atom stereocenters. The monoisotopic (exact) mass is 200 g/mol. The second-order valence-corrected chi connectivity index (χ2v) is 4.43. The molecule has 3 heteroatoms. The van der Waals surface area contributed by atoms with Crippen molar-refractivity contribution in [3.63, 3.8) is 0 Å². The molecule has 14 heavy (non-hydrogen) atoms. The molecule has 2 unspecified atom stereocenters. The highest BCUT2D eigenvalue weighted by Gasteiger charge is 2.16. The highest BCUT2D eigenvalue weighted by Crippen LogP contribution is 2.16. The number of hydrogen-bond donors (Lipinski definition) is 1. The molecule has 2 N–H and O–H groups in total. The average Bonchev–Trinajstić information content (AvgIpc) is 2.40. The largest absolute Gasteiger partial charge is 0.379 e. The van der Waals surface area contributed by atoms with Gasteiger partial charge in [-0.05, 0) is 38.3 Å². The minimum atomic E-state index is 0.211. The van der Waals surface area contributed by atoms with E-state index in [9.17, 15) is 0 Å². The lowest BCUT2D eigenvalue weighted by molar-refractivity contribution is 0.0707. The van der Waals surface area contributed by atoms with Gasteiger partial charge < -0.3 is 15.4 Å².